The highest BCUT2D eigenvalue weighted by atomic mass is 16.3. The van der Waals surface area contributed by atoms with Crippen LogP contribution in [0.4, 0.5) is 0 Å². The third-order valence-corrected chi connectivity index (χ3v) is 3.57. The number of allylic oxidation sites excluding steroid dienone is 2. The molecule has 1 rings (SSSR count). The van der Waals surface area contributed by atoms with Gasteiger partial charge in [0.1, 0.15) is 0 Å². The van der Waals surface area contributed by atoms with E-state index in [0.29, 0.717) is 18.4 Å². The SMILES string of the molecule is C/C1=C\C[C@@H](O)C(C)(C)/C=C/C(=O)/C(C)=C/[C@H](O)C1. The Labute approximate surface area is 115 Å². The van der Waals surface area contributed by atoms with E-state index in [4.69, 9.17) is 0 Å². The normalized spacial score (nSPS) is 36.2. The van der Waals surface area contributed by atoms with Crippen LogP contribution in [0.5, 0.6) is 0 Å². The van der Waals surface area contributed by atoms with Crippen molar-refractivity contribution < 1.29 is 15.0 Å². The lowest BCUT2D eigenvalue weighted by Gasteiger charge is -2.26. The molecule has 0 spiro atoms. The van der Waals surface area contributed by atoms with Gasteiger partial charge >= 0.3 is 0 Å². The van der Waals surface area contributed by atoms with Crippen molar-refractivity contribution in [2.24, 2.45) is 5.41 Å². The number of ketones is 1. The van der Waals surface area contributed by atoms with Crippen LogP contribution in [-0.2, 0) is 4.79 Å². The highest BCUT2D eigenvalue weighted by Gasteiger charge is 2.24. The Morgan fingerprint density at radius 1 is 1.26 bits per heavy atom. The molecule has 0 unspecified atom stereocenters. The highest BCUT2D eigenvalue weighted by Crippen LogP contribution is 2.26. The summed E-state index contributed by atoms with van der Waals surface area (Å²) in [6.07, 6.45) is 6.58. The molecule has 0 aromatic carbocycles. The third-order valence-electron chi connectivity index (χ3n) is 3.57. The van der Waals surface area contributed by atoms with Crippen molar-refractivity contribution in [3.8, 4) is 0 Å². The summed E-state index contributed by atoms with van der Waals surface area (Å²) in [5.74, 6) is -0.124. The Morgan fingerprint density at radius 3 is 2.53 bits per heavy atom. The number of hydrogen-bond acceptors (Lipinski definition) is 3. The maximum atomic E-state index is 11.9. The maximum Gasteiger partial charge on any atom is 0.181 e. The molecule has 1 aliphatic carbocycles. The topological polar surface area (TPSA) is 57.5 Å². The highest BCUT2D eigenvalue weighted by molar-refractivity contribution is 6.03. The minimum absolute atomic E-state index is 0.124. The molecular formula is C16H24O3. The number of carbonyl (C=O) groups is 1. The zero-order valence-corrected chi connectivity index (χ0v) is 12.2. The monoisotopic (exact) mass is 264 g/mol. The van der Waals surface area contributed by atoms with E-state index in [0.717, 1.165) is 5.57 Å². The Balaban J connectivity index is 3.10. The molecule has 0 saturated carbocycles. The number of aliphatic hydroxyl groups excluding tert-OH is 2. The first kappa shape index (κ1) is 15.9. The van der Waals surface area contributed by atoms with Crippen molar-refractivity contribution in [3.05, 3.63) is 35.5 Å². The van der Waals surface area contributed by atoms with Gasteiger partial charge in [0.2, 0.25) is 0 Å². The number of aliphatic hydroxyl groups is 2. The number of hydrogen-bond donors (Lipinski definition) is 2. The van der Waals surface area contributed by atoms with E-state index >= 15 is 0 Å². The molecule has 19 heavy (non-hydrogen) atoms. The van der Waals surface area contributed by atoms with Crippen molar-refractivity contribution >= 4 is 5.78 Å². The Morgan fingerprint density at radius 2 is 1.89 bits per heavy atom. The predicted molar refractivity (Wildman–Crippen MR) is 76.7 cm³/mol. The molecule has 0 heterocycles. The smallest absolute Gasteiger partial charge is 0.181 e. The van der Waals surface area contributed by atoms with Gasteiger partial charge in [0.25, 0.3) is 0 Å². The fourth-order valence-corrected chi connectivity index (χ4v) is 1.99. The lowest BCUT2D eigenvalue weighted by molar-refractivity contribution is -0.111. The first-order valence-electron chi connectivity index (χ1n) is 6.66. The van der Waals surface area contributed by atoms with Crippen molar-refractivity contribution in [2.75, 3.05) is 0 Å². The number of carbonyl (C=O) groups excluding carboxylic acids is 1. The predicted octanol–water partition coefficient (Wildman–Crippen LogP) is 2.55. The molecule has 0 saturated heterocycles. The molecule has 0 aliphatic heterocycles. The zero-order valence-electron chi connectivity index (χ0n) is 12.2. The molecule has 3 nitrogen and oxygen atoms in total. The Bertz CT molecular complexity index is 427. The summed E-state index contributed by atoms with van der Waals surface area (Å²) in [5, 5.41) is 20.0. The van der Waals surface area contributed by atoms with Crippen LogP contribution in [0.3, 0.4) is 0 Å². The van der Waals surface area contributed by atoms with Crippen LogP contribution < -0.4 is 0 Å². The van der Waals surface area contributed by atoms with Gasteiger partial charge in [-0.15, -0.1) is 0 Å². The molecule has 3 heteroatoms. The van der Waals surface area contributed by atoms with Gasteiger partial charge in [-0.05, 0) is 44.4 Å². The summed E-state index contributed by atoms with van der Waals surface area (Å²) >= 11 is 0. The molecule has 2 N–H and O–H groups in total. The van der Waals surface area contributed by atoms with E-state index in [9.17, 15) is 15.0 Å². The second kappa shape index (κ2) is 6.31. The van der Waals surface area contributed by atoms with E-state index in [-0.39, 0.29) is 5.78 Å². The van der Waals surface area contributed by atoms with E-state index in [2.05, 4.69) is 0 Å². The van der Waals surface area contributed by atoms with Crippen LogP contribution in [-0.4, -0.2) is 28.2 Å². The molecule has 0 fully saturated rings. The summed E-state index contributed by atoms with van der Waals surface area (Å²) in [6.45, 7) is 7.44. The summed E-state index contributed by atoms with van der Waals surface area (Å²) in [4.78, 5) is 11.9. The lowest BCUT2D eigenvalue weighted by Crippen LogP contribution is -2.27. The first-order valence-corrected chi connectivity index (χ1v) is 6.66. The van der Waals surface area contributed by atoms with Gasteiger partial charge in [-0.2, -0.15) is 0 Å². The second-order valence-corrected chi connectivity index (χ2v) is 5.94. The number of rotatable bonds is 0. The summed E-state index contributed by atoms with van der Waals surface area (Å²) < 4.78 is 0. The molecule has 0 radical (unpaired) electrons. The molecule has 1 aliphatic rings. The van der Waals surface area contributed by atoms with Gasteiger partial charge in [0.15, 0.2) is 5.78 Å². The fraction of sp³-hybridized carbons (Fsp3) is 0.562. The molecule has 0 aromatic heterocycles. The van der Waals surface area contributed by atoms with Gasteiger partial charge in [-0.25, -0.2) is 0 Å². The summed E-state index contributed by atoms with van der Waals surface area (Å²) in [7, 11) is 0. The van der Waals surface area contributed by atoms with Gasteiger partial charge in [-0.1, -0.05) is 31.6 Å². The first-order chi connectivity index (χ1) is 8.72. The standard InChI is InChI=1S/C16H24O3/c1-11-5-6-15(19)16(3,4)8-7-14(18)12(2)10-13(17)9-11/h5,7-8,10,13,15,17,19H,6,9H2,1-4H3/b8-7+,11-5+,12-10+/t13-,15-/m1/s1. The van der Waals surface area contributed by atoms with Gasteiger partial charge in [0.05, 0.1) is 12.2 Å². The molecule has 0 bridgehead atoms. The van der Waals surface area contributed by atoms with Crippen LogP contribution >= 0.6 is 0 Å². The van der Waals surface area contributed by atoms with Crippen molar-refractivity contribution in [3.63, 3.8) is 0 Å². The van der Waals surface area contributed by atoms with Crippen LogP contribution in [0.25, 0.3) is 0 Å². The van der Waals surface area contributed by atoms with Crippen LogP contribution in [0, 0.1) is 5.41 Å². The Hall–Kier alpha value is -1.19. The fourth-order valence-electron chi connectivity index (χ4n) is 1.99. The van der Waals surface area contributed by atoms with Gasteiger partial charge in [-0.3, -0.25) is 4.79 Å². The Kier molecular flexibility index (Phi) is 5.27. The van der Waals surface area contributed by atoms with Crippen molar-refractivity contribution in [1.29, 1.82) is 0 Å². The minimum Gasteiger partial charge on any atom is -0.392 e. The van der Waals surface area contributed by atoms with Gasteiger partial charge in [0, 0.05) is 5.41 Å². The average molecular weight is 264 g/mol. The lowest BCUT2D eigenvalue weighted by atomic mass is 9.83. The van der Waals surface area contributed by atoms with E-state index in [1.807, 2.05) is 26.8 Å². The molecule has 2 atom stereocenters. The minimum atomic E-state index is -0.654. The second-order valence-electron chi connectivity index (χ2n) is 5.94. The van der Waals surface area contributed by atoms with Crippen molar-refractivity contribution in [2.45, 2.75) is 52.7 Å². The van der Waals surface area contributed by atoms with E-state index < -0.39 is 17.6 Å². The molecule has 106 valence electrons. The largest absolute Gasteiger partial charge is 0.392 e. The molecule has 0 amide bonds. The summed E-state index contributed by atoms with van der Waals surface area (Å²) in [5.41, 5.74) is 1.09. The quantitative estimate of drug-likeness (QED) is 0.661. The van der Waals surface area contributed by atoms with Gasteiger partial charge < -0.3 is 10.2 Å². The third kappa shape index (κ3) is 4.77. The van der Waals surface area contributed by atoms with Crippen LogP contribution in [0.1, 0.15) is 40.5 Å². The molecule has 0 aromatic rings. The van der Waals surface area contributed by atoms with E-state index in [1.54, 1.807) is 19.1 Å². The van der Waals surface area contributed by atoms with Crippen molar-refractivity contribution in [1.82, 2.24) is 0 Å². The van der Waals surface area contributed by atoms with Crippen LogP contribution in [0.15, 0.2) is 35.5 Å². The van der Waals surface area contributed by atoms with Crippen LogP contribution in [0.2, 0.25) is 0 Å². The summed E-state index contributed by atoms with van der Waals surface area (Å²) in [6, 6.07) is 0. The van der Waals surface area contributed by atoms with E-state index in [1.165, 1.54) is 6.08 Å². The zero-order chi connectivity index (χ0) is 14.6. The maximum absolute atomic E-state index is 11.9. The molecular weight excluding hydrogens is 240 g/mol. The average Bonchev–Trinajstić information content (AvgIpc) is 2.31.